The normalized spacial score (nSPS) is 26.5. The third-order valence-corrected chi connectivity index (χ3v) is 3.09. The molecule has 94 valence electrons. The summed E-state index contributed by atoms with van der Waals surface area (Å²) in [7, 11) is 4.10. The third kappa shape index (κ3) is 3.49. The Morgan fingerprint density at radius 3 is 2.50 bits per heavy atom. The van der Waals surface area contributed by atoms with Crippen molar-refractivity contribution < 1.29 is 5.21 Å². The average Bonchev–Trinajstić information content (AvgIpc) is 2.07. The Kier molecular flexibility index (Phi) is 5.50. The number of hydrogen-bond acceptors (Lipinski definition) is 3. The van der Waals surface area contributed by atoms with Crippen molar-refractivity contribution in [3.63, 3.8) is 0 Å². The molecule has 4 heteroatoms. The maximum atomic E-state index is 9.05. The lowest BCUT2D eigenvalue weighted by Gasteiger charge is -2.39. The molecule has 0 aromatic rings. The molecule has 1 atom stereocenters. The van der Waals surface area contributed by atoms with E-state index in [0.29, 0.717) is 5.92 Å². The van der Waals surface area contributed by atoms with Crippen molar-refractivity contribution in [1.82, 2.24) is 4.90 Å². The van der Waals surface area contributed by atoms with Crippen LogP contribution in [0.1, 0.15) is 27.2 Å². The summed E-state index contributed by atoms with van der Waals surface area (Å²) in [6.45, 7) is 7.50. The zero-order valence-corrected chi connectivity index (χ0v) is 11.6. The number of halogens is 1. The van der Waals surface area contributed by atoms with E-state index in [0.717, 1.165) is 18.7 Å². The summed E-state index contributed by atoms with van der Waals surface area (Å²) in [6.07, 6.45) is 3.09. The molecule has 0 spiro atoms. The van der Waals surface area contributed by atoms with Gasteiger partial charge in [-0.05, 0) is 38.9 Å². The first kappa shape index (κ1) is 15.5. The molecule has 0 amide bonds. The number of nitrogens with zero attached hydrogens (tertiary/aromatic N) is 2. The van der Waals surface area contributed by atoms with Crippen LogP contribution in [-0.4, -0.2) is 36.5 Å². The van der Waals surface area contributed by atoms with Crippen molar-refractivity contribution in [3.05, 3.63) is 11.6 Å². The molecule has 0 radical (unpaired) electrons. The summed E-state index contributed by atoms with van der Waals surface area (Å²) in [4.78, 5) is 2.14. The predicted molar refractivity (Wildman–Crippen MR) is 70.7 cm³/mol. The topological polar surface area (TPSA) is 35.8 Å². The van der Waals surface area contributed by atoms with Crippen LogP contribution in [0.2, 0.25) is 0 Å². The number of hydrogen-bond donors (Lipinski definition) is 1. The Labute approximate surface area is 105 Å². The van der Waals surface area contributed by atoms with E-state index in [9.17, 15) is 0 Å². The van der Waals surface area contributed by atoms with E-state index >= 15 is 0 Å². The standard InChI is InChI=1S/C12H22N2O.ClH/c1-9-6-11(13-15)10(8-14(4)5)12(2,3)7-9;/h6,10,15H,7-8H2,1-5H3;1H/b13-11+;. The number of rotatable bonds is 2. The Morgan fingerprint density at radius 1 is 1.50 bits per heavy atom. The van der Waals surface area contributed by atoms with E-state index in [1.807, 2.05) is 6.08 Å². The molecule has 0 aliphatic heterocycles. The van der Waals surface area contributed by atoms with Crippen LogP contribution in [0.3, 0.4) is 0 Å². The lowest BCUT2D eigenvalue weighted by molar-refractivity contribution is 0.207. The van der Waals surface area contributed by atoms with Crippen LogP contribution >= 0.6 is 12.4 Å². The van der Waals surface area contributed by atoms with Gasteiger partial charge in [-0.2, -0.15) is 0 Å². The molecular weight excluding hydrogens is 224 g/mol. The van der Waals surface area contributed by atoms with Crippen molar-refractivity contribution in [2.45, 2.75) is 27.2 Å². The van der Waals surface area contributed by atoms with Gasteiger partial charge in [0, 0.05) is 12.5 Å². The van der Waals surface area contributed by atoms with Gasteiger partial charge in [0.05, 0.1) is 5.71 Å². The van der Waals surface area contributed by atoms with Gasteiger partial charge in [-0.15, -0.1) is 12.4 Å². The van der Waals surface area contributed by atoms with E-state index in [2.05, 4.69) is 44.9 Å². The average molecular weight is 247 g/mol. The summed E-state index contributed by atoms with van der Waals surface area (Å²) in [5.41, 5.74) is 2.28. The summed E-state index contributed by atoms with van der Waals surface area (Å²) in [6, 6.07) is 0. The van der Waals surface area contributed by atoms with Gasteiger partial charge in [-0.1, -0.05) is 24.6 Å². The first-order chi connectivity index (χ1) is 6.86. The molecule has 1 aliphatic rings. The molecule has 0 aromatic heterocycles. The molecule has 1 rings (SSSR count). The van der Waals surface area contributed by atoms with Gasteiger partial charge < -0.3 is 10.1 Å². The summed E-state index contributed by atoms with van der Waals surface area (Å²) in [5.74, 6) is 0.307. The highest BCUT2D eigenvalue weighted by atomic mass is 35.5. The third-order valence-electron chi connectivity index (χ3n) is 3.09. The van der Waals surface area contributed by atoms with Gasteiger partial charge in [0.15, 0.2) is 0 Å². The second-order valence-electron chi connectivity index (χ2n) is 5.50. The van der Waals surface area contributed by atoms with Gasteiger partial charge in [-0.3, -0.25) is 0 Å². The summed E-state index contributed by atoms with van der Waals surface area (Å²) in [5, 5.41) is 12.5. The highest BCUT2D eigenvalue weighted by Gasteiger charge is 2.36. The fraction of sp³-hybridized carbons (Fsp3) is 0.750. The van der Waals surface area contributed by atoms with Gasteiger partial charge >= 0.3 is 0 Å². The van der Waals surface area contributed by atoms with E-state index < -0.39 is 0 Å². The lowest BCUT2D eigenvalue weighted by Crippen LogP contribution is -2.40. The summed E-state index contributed by atoms with van der Waals surface area (Å²) >= 11 is 0. The fourth-order valence-electron chi connectivity index (χ4n) is 2.45. The van der Waals surface area contributed by atoms with E-state index in [1.165, 1.54) is 5.57 Å². The Morgan fingerprint density at radius 2 is 2.06 bits per heavy atom. The van der Waals surface area contributed by atoms with Crippen molar-refractivity contribution >= 4 is 18.1 Å². The van der Waals surface area contributed by atoms with Gasteiger partial charge in [0.1, 0.15) is 0 Å². The molecule has 0 bridgehead atoms. The van der Waals surface area contributed by atoms with Gasteiger partial charge in [0.25, 0.3) is 0 Å². The second-order valence-corrected chi connectivity index (χ2v) is 5.50. The molecule has 0 aromatic carbocycles. The smallest absolute Gasteiger partial charge is 0.0844 e. The first-order valence-electron chi connectivity index (χ1n) is 5.40. The first-order valence-corrected chi connectivity index (χ1v) is 5.40. The molecule has 0 saturated heterocycles. The molecule has 1 unspecified atom stereocenters. The van der Waals surface area contributed by atoms with Crippen molar-refractivity contribution in [2.24, 2.45) is 16.5 Å². The molecule has 0 saturated carbocycles. The van der Waals surface area contributed by atoms with Gasteiger partial charge in [-0.25, -0.2) is 0 Å². The highest BCUT2D eigenvalue weighted by Crippen LogP contribution is 2.39. The zero-order chi connectivity index (χ0) is 11.6. The van der Waals surface area contributed by atoms with Crippen molar-refractivity contribution in [3.8, 4) is 0 Å². The minimum Gasteiger partial charge on any atom is -0.411 e. The second kappa shape index (κ2) is 5.69. The van der Waals surface area contributed by atoms with Crippen LogP contribution in [0.15, 0.2) is 16.8 Å². The monoisotopic (exact) mass is 246 g/mol. The molecule has 1 N–H and O–H groups in total. The van der Waals surface area contributed by atoms with Crippen molar-refractivity contribution in [1.29, 1.82) is 0 Å². The van der Waals surface area contributed by atoms with Crippen LogP contribution in [-0.2, 0) is 0 Å². The minimum absolute atomic E-state index is 0. The zero-order valence-electron chi connectivity index (χ0n) is 10.8. The quantitative estimate of drug-likeness (QED) is 0.601. The maximum Gasteiger partial charge on any atom is 0.0844 e. The van der Waals surface area contributed by atoms with Crippen LogP contribution in [0, 0.1) is 11.3 Å². The van der Waals surface area contributed by atoms with Crippen molar-refractivity contribution in [2.75, 3.05) is 20.6 Å². The largest absolute Gasteiger partial charge is 0.411 e. The Bertz CT molecular complexity index is 295. The van der Waals surface area contributed by atoms with Crippen LogP contribution in [0.4, 0.5) is 0 Å². The maximum absolute atomic E-state index is 9.05. The van der Waals surface area contributed by atoms with E-state index in [-0.39, 0.29) is 17.8 Å². The van der Waals surface area contributed by atoms with Crippen LogP contribution < -0.4 is 0 Å². The predicted octanol–water partition coefficient (Wildman–Crippen LogP) is 2.79. The van der Waals surface area contributed by atoms with Gasteiger partial charge in [0.2, 0.25) is 0 Å². The molecule has 1 aliphatic carbocycles. The number of allylic oxidation sites excluding steroid dienone is 2. The summed E-state index contributed by atoms with van der Waals surface area (Å²) < 4.78 is 0. The van der Waals surface area contributed by atoms with E-state index in [1.54, 1.807) is 0 Å². The Hall–Kier alpha value is -0.540. The lowest BCUT2D eigenvalue weighted by atomic mass is 9.68. The molecule has 0 heterocycles. The Balaban J connectivity index is 0.00000225. The molecular formula is C12H23ClN2O. The fourth-order valence-corrected chi connectivity index (χ4v) is 2.45. The molecule has 0 fully saturated rings. The van der Waals surface area contributed by atoms with Crippen LogP contribution in [0.25, 0.3) is 0 Å². The minimum atomic E-state index is 0. The molecule has 16 heavy (non-hydrogen) atoms. The van der Waals surface area contributed by atoms with Crippen LogP contribution in [0.5, 0.6) is 0 Å². The van der Waals surface area contributed by atoms with E-state index in [4.69, 9.17) is 5.21 Å². The molecule has 3 nitrogen and oxygen atoms in total. The SMILES string of the molecule is CC1=C/C(=N\O)C(CN(C)C)C(C)(C)C1.Cl. The highest BCUT2D eigenvalue weighted by molar-refractivity contribution is 5.98. The number of oxime groups is 1.